The number of aromatic nitrogens is 1. The van der Waals surface area contributed by atoms with Crippen molar-refractivity contribution in [1.29, 1.82) is 0 Å². The summed E-state index contributed by atoms with van der Waals surface area (Å²) in [7, 11) is 5.18. The summed E-state index contributed by atoms with van der Waals surface area (Å²) >= 11 is 1.42. The molecule has 0 radical (unpaired) electrons. The van der Waals surface area contributed by atoms with E-state index in [0.29, 0.717) is 30.6 Å². The number of halogens is 1. The zero-order valence-corrected chi connectivity index (χ0v) is 19.6. The van der Waals surface area contributed by atoms with Crippen LogP contribution in [0.2, 0.25) is 0 Å². The van der Waals surface area contributed by atoms with Crippen molar-refractivity contribution in [3.05, 3.63) is 53.6 Å². The van der Waals surface area contributed by atoms with Crippen LogP contribution in [0.4, 0.5) is 5.13 Å². The Labute approximate surface area is 192 Å². The van der Waals surface area contributed by atoms with Gasteiger partial charge in [-0.05, 0) is 45.3 Å². The highest BCUT2D eigenvalue weighted by molar-refractivity contribution is 7.22. The van der Waals surface area contributed by atoms with Gasteiger partial charge < -0.3 is 14.4 Å². The first-order chi connectivity index (χ1) is 14.5. The van der Waals surface area contributed by atoms with Crippen molar-refractivity contribution < 1.29 is 19.1 Å². The molecule has 0 spiro atoms. The Kier molecular flexibility index (Phi) is 8.79. The maximum Gasteiger partial charge on any atom is 0.338 e. The molecule has 9 heteroatoms. The number of anilines is 1. The third kappa shape index (κ3) is 5.52. The number of ether oxygens (including phenoxy) is 2. The molecule has 0 aliphatic heterocycles. The maximum atomic E-state index is 13.5. The van der Waals surface area contributed by atoms with Crippen LogP contribution >= 0.6 is 23.7 Å². The number of fused-ring (bicyclic) bond motifs is 1. The van der Waals surface area contributed by atoms with Gasteiger partial charge in [0.1, 0.15) is 11.3 Å². The summed E-state index contributed by atoms with van der Waals surface area (Å²) in [5.74, 6) is -0.156. The van der Waals surface area contributed by atoms with Crippen molar-refractivity contribution in [3.63, 3.8) is 0 Å². The summed E-state index contributed by atoms with van der Waals surface area (Å²) in [5.41, 5.74) is 1.24. The second kappa shape index (κ2) is 11.1. The van der Waals surface area contributed by atoms with Gasteiger partial charge in [-0.15, -0.1) is 12.4 Å². The number of para-hydroxylation sites is 1. The number of likely N-dealkylation sites (N-methyl/N-ethyl adjacent to an activating group) is 1. The molecule has 0 saturated carbocycles. The SMILES string of the molecule is CCOc1cccc2sc(N(CCN(C)C)C(=O)c3ccccc3C(=O)OC)nc12.Cl. The Morgan fingerprint density at radius 3 is 2.39 bits per heavy atom. The van der Waals surface area contributed by atoms with E-state index in [4.69, 9.17) is 14.5 Å². The highest BCUT2D eigenvalue weighted by Crippen LogP contribution is 2.35. The molecule has 31 heavy (non-hydrogen) atoms. The second-order valence-electron chi connectivity index (χ2n) is 6.83. The first-order valence-corrected chi connectivity index (χ1v) is 10.4. The zero-order valence-electron chi connectivity index (χ0n) is 18.0. The Hall–Kier alpha value is -2.68. The monoisotopic (exact) mass is 463 g/mol. The summed E-state index contributed by atoms with van der Waals surface area (Å²) < 4.78 is 11.5. The predicted octanol–water partition coefficient (Wildman–Crippen LogP) is 4.11. The lowest BCUT2D eigenvalue weighted by Crippen LogP contribution is -2.37. The summed E-state index contributed by atoms with van der Waals surface area (Å²) in [6, 6.07) is 12.4. The van der Waals surface area contributed by atoms with E-state index in [9.17, 15) is 9.59 Å². The van der Waals surface area contributed by atoms with E-state index in [1.807, 2.05) is 44.1 Å². The number of amides is 1. The number of carbonyl (C=O) groups excluding carboxylic acids is 2. The number of thiazole rings is 1. The van der Waals surface area contributed by atoms with E-state index in [-0.39, 0.29) is 29.4 Å². The molecule has 3 rings (SSSR count). The summed E-state index contributed by atoms with van der Waals surface area (Å²) in [6.45, 7) is 3.51. The molecule has 166 valence electrons. The summed E-state index contributed by atoms with van der Waals surface area (Å²) in [5, 5.41) is 0.559. The van der Waals surface area contributed by atoms with Gasteiger partial charge in [0.25, 0.3) is 5.91 Å². The number of benzene rings is 2. The number of carbonyl (C=O) groups is 2. The van der Waals surface area contributed by atoms with Gasteiger partial charge in [-0.2, -0.15) is 0 Å². The van der Waals surface area contributed by atoms with E-state index >= 15 is 0 Å². The molecule has 1 heterocycles. The molecule has 0 aliphatic carbocycles. The third-order valence-electron chi connectivity index (χ3n) is 4.48. The number of hydrogen-bond donors (Lipinski definition) is 0. The predicted molar refractivity (Wildman–Crippen MR) is 126 cm³/mol. The Bertz CT molecular complexity index is 1050. The lowest BCUT2D eigenvalue weighted by molar-refractivity contribution is 0.0597. The fraction of sp³-hybridized carbons (Fsp3) is 0.318. The number of nitrogens with zero attached hydrogens (tertiary/aromatic N) is 3. The number of esters is 1. The van der Waals surface area contributed by atoms with Crippen molar-refractivity contribution in [2.75, 3.05) is 45.8 Å². The van der Waals surface area contributed by atoms with Gasteiger partial charge in [-0.25, -0.2) is 9.78 Å². The highest BCUT2D eigenvalue weighted by atomic mass is 35.5. The van der Waals surface area contributed by atoms with Crippen LogP contribution in [0.1, 0.15) is 27.6 Å². The van der Waals surface area contributed by atoms with Crippen LogP contribution in [0, 0.1) is 0 Å². The molecule has 0 saturated heterocycles. The average molecular weight is 464 g/mol. The molecular formula is C22H26ClN3O4S. The minimum atomic E-state index is -0.547. The molecule has 0 bridgehead atoms. The van der Waals surface area contributed by atoms with Crippen molar-refractivity contribution in [3.8, 4) is 5.75 Å². The summed E-state index contributed by atoms with van der Waals surface area (Å²) in [6.07, 6.45) is 0. The number of methoxy groups -OCH3 is 1. The van der Waals surface area contributed by atoms with E-state index in [2.05, 4.69) is 0 Å². The second-order valence-corrected chi connectivity index (χ2v) is 7.84. The highest BCUT2D eigenvalue weighted by Gasteiger charge is 2.26. The number of hydrogen-bond acceptors (Lipinski definition) is 7. The maximum absolute atomic E-state index is 13.5. The van der Waals surface area contributed by atoms with Crippen LogP contribution in [0.25, 0.3) is 10.2 Å². The normalized spacial score (nSPS) is 10.6. The molecule has 0 aliphatic rings. The lowest BCUT2D eigenvalue weighted by atomic mass is 10.1. The molecule has 7 nitrogen and oxygen atoms in total. The van der Waals surface area contributed by atoms with Gasteiger partial charge in [0, 0.05) is 13.1 Å². The van der Waals surface area contributed by atoms with Gasteiger partial charge in [0.2, 0.25) is 0 Å². The molecule has 2 aromatic carbocycles. The van der Waals surface area contributed by atoms with E-state index in [0.717, 1.165) is 10.2 Å². The van der Waals surface area contributed by atoms with Gasteiger partial charge in [0.15, 0.2) is 5.13 Å². The van der Waals surface area contributed by atoms with Gasteiger partial charge in [-0.1, -0.05) is 29.5 Å². The summed E-state index contributed by atoms with van der Waals surface area (Å²) in [4.78, 5) is 34.0. The fourth-order valence-corrected chi connectivity index (χ4v) is 3.99. The minimum absolute atomic E-state index is 0. The minimum Gasteiger partial charge on any atom is -0.492 e. The Balaban J connectivity index is 0.00000341. The van der Waals surface area contributed by atoms with Crippen LogP contribution in [0.3, 0.4) is 0 Å². The van der Waals surface area contributed by atoms with E-state index in [1.165, 1.54) is 18.4 Å². The quantitative estimate of drug-likeness (QED) is 0.468. The van der Waals surface area contributed by atoms with Crippen LogP contribution in [0.15, 0.2) is 42.5 Å². The van der Waals surface area contributed by atoms with Crippen LogP contribution in [-0.2, 0) is 4.74 Å². The van der Waals surface area contributed by atoms with Gasteiger partial charge in [-0.3, -0.25) is 9.69 Å². The molecule has 0 unspecified atom stereocenters. The van der Waals surface area contributed by atoms with E-state index in [1.54, 1.807) is 29.2 Å². The van der Waals surface area contributed by atoms with Gasteiger partial charge >= 0.3 is 5.97 Å². The Morgan fingerprint density at radius 2 is 1.74 bits per heavy atom. The number of rotatable bonds is 8. The molecular weight excluding hydrogens is 438 g/mol. The van der Waals surface area contributed by atoms with Crippen LogP contribution in [0.5, 0.6) is 5.75 Å². The van der Waals surface area contributed by atoms with Crippen LogP contribution < -0.4 is 9.64 Å². The molecule has 0 atom stereocenters. The zero-order chi connectivity index (χ0) is 21.7. The van der Waals surface area contributed by atoms with Crippen molar-refractivity contribution in [2.24, 2.45) is 0 Å². The van der Waals surface area contributed by atoms with Crippen LogP contribution in [-0.4, -0.2) is 62.7 Å². The first-order valence-electron chi connectivity index (χ1n) is 9.62. The lowest BCUT2D eigenvalue weighted by Gasteiger charge is -2.22. The first kappa shape index (κ1) is 24.6. The van der Waals surface area contributed by atoms with Crippen molar-refractivity contribution in [1.82, 2.24) is 9.88 Å². The van der Waals surface area contributed by atoms with E-state index < -0.39 is 5.97 Å². The molecule has 0 fully saturated rings. The smallest absolute Gasteiger partial charge is 0.338 e. The average Bonchev–Trinajstić information content (AvgIpc) is 3.18. The fourth-order valence-electron chi connectivity index (χ4n) is 2.99. The third-order valence-corrected chi connectivity index (χ3v) is 5.52. The topological polar surface area (TPSA) is 72.0 Å². The molecule has 0 N–H and O–H groups in total. The largest absolute Gasteiger partial charge is 0.492 e. The van der Waals surface area contributed by atoms with Crippen molar-refractivity contribution in [2.45, 2.75) is 6.92 Å². The molecule has 1 aromatic heterocycles. The standard InChI is InChI=1S/C22H25N3O4S.ClH/c1-5-29-17-11-8-12-18-19(17)23-22(30-18)25(14-13-24(2)3)20(26)15-9-6-7-10-16(15)21(27)28-4;/h6-12H,5,13-14H2,1-4H3;1H. The molecule has 3 aromatic rings. The van der Waals surface area contributed by atoms with Gasteiger partial charge in [0.05, 0.1) is 29.5 Å². The van der Waals surface area contributed by atoms with Crippen molar-refractivity contribution >= 4 is 51.0 Å². The molecule has 1 amide bonds. The Morgan fingerprint density at radius 1 is 1.03 bits per heavy atom.